The number of hydrogen-bond donors (Lipinski definition) is 4. The van der Waals surface area contributed by atoms with E-state index in [0.29, 0.717) is 11.4 Å². The Morgan fingerprint density at radius 3 is 2.64 bits per heavy atom. The molecule has 1 heterocycles. The number of carbonyl (C=O) groups excluding carboxylic acids is 1. The van der Waals surface area contributed by atoms with Gasteiger partial charge in [0, 0.05) is 18.3 Å². The van der Waals surface area contributed by atoms with Gasteiger partial charge in [-0.3, -0.25) is 0 Å². The molecule has 0 aromatic carbocycles. The van der Waals surface area contributed by atoms with E-state index in [0.717, 1.165) is 5.56 Å². The fourth-order valence-corrected chi connectivity index (χ4v) is 1.79. The standard InChI is InChI=1S/C15H25N3O4/c1-9-7-10(8-18-13(9)16)12(20)11(19)5-6-17-14(21)22-15(2,3)4/h7-8,11-12,19-20H,5-6H2,1-4H3,(H2,16,18)(H,17,21). The molecule has 0 aliphatic rings. The summed E-state index contributed by atoms with van der Waals surface area (Å²) in [6, 6.07) is 1.68. The van der Waals surface area contributed by atoms with Gasteiger partial charge in [-0.2, -0.15) is 0 Å². The van der Waals surface area contributed by atoms with Crippen LogP contribution in [0.3, 0.4) is 0 Å². The van der Waals surface area contributed by atoms with Crippen LogP contribution in [-0.4, -0.2) is 39.5 Å². The zero-order valence-corrected chi connectivity index (χ0v) is 13.5. The van der Waals surface area contributed by atoms with E-state index in [9.17, 15) is 15.0 Å². The average molecular weight is 311 g/mol. The van der Waals surface area contributed by atoms with Crippen molar-refractivity contribution in [2.45, 2.75) is 51.9 Å². The normalized spacial score (nSPS) is 14.3. The molecule has 0 aliphatic carbocycles. The molecule has 7 nitrogen and oxygen atoms in total. The van der Waals surface area contributed by atoms with Crippen LogP contribution in [0.1, 0.15) is 44.4 Å². The van der Waals surface area contributed by atoms with Crippen LogP contribution in [0, 0.1) is 6.92 Å². The number of nitrogens with zero attached hydrogens (tertiary/aromatic N) is 1. The highest BCUT2D eigenvalue weighted by molar-refractivity contribution is 5.67. The first kappa shape index (κ1) is 18.2. The highest BCUT2D eigenvalue weighted by atomic mass is 16.6. The van der Waals surface area contributed by atoms with Gasteiger partial charge in [-0.1, -0.05) is 0 Å². The lowest BCUT2D eigenvalue weighted by atomic mass is 10.0. The number of rotatable bonds is 5. The summed E-state index contributed by atoms with van der Waals surface area (Å²) in [6.07, 6.45) is -1.06. The zero-order valence-electron chi connectivity index (χ0n) is 13.5. The number of ether oxygens (including phenoxy) is 1. The topological polar surface area (TPSA) is 118 Å². The number of carbonyl (C=O) groups is 1. The lowest BCUT2D eigenvalue weighted by Gasteiger charge is -2.21. The van der Waals surface area contributed by atoms with Crippen molar-refractivity contribution in [1.82, 2.24) is 10.3 Å². The first-order chi connectivity index (χ1) is 10.1. The minimum atomic E-state index is -1.09. The summed E-state index contributed by atoms with van der Waals surface area (Å²) in [4.78, 5) is 15.4. The van der Waals surface area contributed by atoms with E-state index in [4.69, 9.17) is 10.5 Å². The van der Waals surface area contributed by atoms with Crippen LogP contribution in [-0.2, 0) is 4.74 Å². The van der Waals surface area contributed by atoms with E-state index in [1.165, 1.54) is 6.20 Å². The Labute approximate surface area is 130 Å². The Balaban J connectivity index is 2.46. The number of nitrogens with one attached hydrogen (secondary N) is 1. The van der Waals surface area contributed by atoms with Gasteiger partial charge in [0.1, 0.15) is 17.5 Å². The van der Waals surface area contributed by atoms with Crippen LogP contribution in [0.4, 0.5) is 10.6 Å². The Kier molecular flexibility index (Phi) is 6.13. The van der Waals surface area contributed by atoms with Gasteiger partial charge in [0.25, 0.3) is 0 Å². The molecule has 124 valence electrons. The fraction of sp³-hybridized carbons (Fsp3) is 0.600. The Bertz CT molecular complexity index is 514. The highest BCUT2D eigenvalue weighted by Crippen LogP contribution is 2.20. The second kappa shape index (κ2) is 7.42. The van der Waals surface area contributed by atoms with E-state index in [1.807, 2.05) is 0 Å². The number of aromatic nitrogens is 1. The summed E-state index contributed by atoms with van der Waals surface area (Å²) in [5.74, 6) is 0.386. The molecule has 1 amide bonds. The van der Waals surface area contributed by atoms with Crippen molar-refractivity contribution >= 4 is 11.9 Å². The molecular formula is C15H25N3O4. The van der Waals surface area contributed by atoms with Crippen LogP contribution in [0.2, 0.25) is 0 Å². The molecule has 0 fully saturated rings. The lowest BCUT2D eigenvalue weighted by molar-refractivity contribution is 0.0121. The molecule has 0 bridgehead atoms. The van der Waals surface area contributed by atoms with E-state index in [-0.39, 0.29) is 13.0 Å². The summed E-state index contributed by atoms with van der Waals surface area (Å²) in [6.45, 7) is 7.26. The number of aliphatic hydroxyl groups excluding tert-OH is 2. The first-order valence-corrected chi connectivity index (χ1v) is 7.15. The smallest absolute Gasteiger partial charge is 0.407 e. The largest absolute Gasteiger partial charge is 0.444 e. The molecule has 0 saturated heterocycles. The molecule has 0 spiro atoms. The van der Waals surface area contributed by atoms with Gasteiger partial charge in [-0.25, -0.2) is 9.78 Å². The third-order valence-corrected chi connectivity index (χ3v) is 2.95. The lowest BCUT2D eigenvalue weighted by Crippen LogP contribution is -2.34. The maximum absolute atomic E-state index is 11.5. The first-order valence-electron chi connectivity index (χ1n) is 7.15. The molecule has 22 heavy (non-hydrogen) atoms. The minimum absolute atomic E-state index is 0.184. The molecular weight excluding hydrogens is 286 g/mol. The van der Waals surface area contributed by atoms with Crippen molar-refractivity contribution in [2.24, 2.45) is 0 Å². The van der Waals surface area contributed by atoms with Crippen molar-refractivity contribution in [2.75, 3.05) is 12.3 Å². The van der Waals surface area contributed by atoms with Crippen molar-refractivity contribution in [3.05, 3.63) is 23.4 Å². The number of aryl methyl sites for hydroxylation is 1. The molecule has 7 heteroatoms. The molecule has 0 saturated carbocycles. The molecule has 0 radical (unpaired) electrons. The zero-order chi connectivity index (χ0) is 16.9. The average Bonchev–Trinajstić information content (AvgIpc) is 2.38. The number of nitrogen functional groups attached to an aromatic ring is 1. The van der Waals surface area contributed by atoms with Crippen molar-refractivity contribution < 1.29 is 19.7 Å². The molecule has 1 rings (SSSR count). The predicted octanol–water partition coefficient (Wildman–Crippen LogP) is 1.28. The van der Waals surface area contributed by atoms with Crippen LogP contribution >= 0.6 is 0 Å². The van der Waals surface area contributed by atoms with Crippen LogP contribution in [0.15, 0.2) is 12.3 Å². The van der Waals surface area contributed by atoms with Gasteiger partial charge >= 0.3 is 6.09 Å². The van der Waals surface area contributed by atoms with E-state index >= 15 is 0 Å². The molecule has 1 aromatic rings. The number of amides is 1. The second-order valence-electron chi connectivity index (χ2n) is 6.20. The van der Waals surface area contributed by atoms with E-state index in [1.54, 1.807) is 33.8 Å². The SMILES string of the molecule is Cc1cc(C(O)C(O)CCNC(=O)OC(C)(C)C)cnc1N. The van der Waals surface area contributed by atoms with Gasteiger partial charge in [0.05, 0.1) is 6.10 Å². The van der Waals surface area contributed by atoms with Gasteiger partial charge in [-0.15, -0.1) is 0 Å². The number of pyridine rings is 1. The minimum Gasteiger partial charge on any atom is -0.444 e. The number of nitrogens with two attached hydrogens (primary N) is 1. The fourth-order valence-electron chi connectivity index (χ4n) is 1.79. The van der Waals surface area contributed by atoms with Gasteiger partial charge in [0.15, 0.2) is 0 Å². The highest BCUT2D eigenvalue weighted by Gasteiger charge is 2.20. The van der Waals surface area contributed by atoms with Crippen molar-refractivity contribution in [3.63, 3.8) is 0 Å². The number of hydrogen-bond acceptors (Lipinski definition) is 6. The van der Waals surface area contributed by atoms with Crippen molar-refractivity contribution in [1.29, 1.82) is 0 Å². The predicted molar refractivity (Wildman–Crippen MR) is 83.2 cm³/mol. The number of aliphatic hydroxyl groups is 2. The van der Waals surface area contributed by atoms with E-state index < -0.39 is 23.9 Å². The molecule has 0 aliphatic heterocycles. The quantitative estimate of drug-likeness (QED) is 0.650. The van der Waals surface area contributed by atoms with E-state index in [2.05, 4.69) is 10.3 Å². The molecule has 2 atom stereocenters. The maximum Gasteiger partial charge on any atom is 0.407 e. The maximum atomic E-state index is 11.5. The van der Waals surface area contributed by atoms with Gasteiger partial charge in [0.2, 0.25) is 0 Å². The molecule has 5 N–H and O–H groups in total. The van der Waals surface area contributed by atoms with Crippen LogP contribution in [0.5, 0.6) is 0 Å². The Hall–Kier alpha value is -1.86. The third-order valence-electron chi connectivity index (χ3n) is 2.95. The molecule has 1 aromatic heterocycles. The number of anilines is 1. The summed E-state index contributed by atoms with van der Waals surface area (Å²) in [5, 5.41) is 22.6. The van der Waals surface area contributed by atoms with Gasteiger partial charge < -0.3 is 26.0 Å². The van der Waals surface area contributed by atoms with Crippen LogP contribution < -0.4 is 11.1 Å². The summed E-state index contributed by atoms with van der Waals surface area (Å²) in [7, 11) is 0. The Morgan fingerprint density at radius 1 is 1.45 bits per heavy atom. The third kappa shape index (κ3) is 5.87. The second-order valence-corrected chi connectivity index (χ2v) is 6.20. The number of alkyl carbamates (subject to hydrolysis) is 1. The van der Waals surface area contributed by atoms with Crippen LogP contribution in [0.25, 0.3) is 0 Å². The van der Waals surface area contributed by atoms with Gasteiger partial charge in [-0.05, 0) is 45.7 Å². The van der Waals surface area contributed by atoms with Crippen molar-refractivity contribution in [3.8, 4) is 0 Å². The summed E-state index contributed by atoms with van der Waals surface area (Å²) < 4.78 is 5.08. The molecule has 2 unspecified atom stereocenters. The summed E-state index contributed by atoms with van der Waals surface area (Å²) >= 11 is 0. The Morgan fingerprint density at radius 2 is 2.09 bits per heavy atom. The summed E-state index contributed by atoms with van der Waals surface area (Å²) in [5.41, 5.74) is 6.25. The monoisotopic (exact) mass is 311 g/mol.